The molecule has 2 N–H and O–H groups in total. The quantitative estimate of drug-likeness (QED) is 0.684. The van der Waals surface area contributed by atoms with E-state index in [2.05, 4.69) is 10.0 Å². The lowest BCUT2D eigenvalue weighted by atomic mass is 10.1. The van der Waals surface area contributed by atoms with E-state index in [4.69, 9.17) is 0 Å². The first-order valence-corrected chi connectivity index (χ1v) is 11.0. The number of benzene rings is 2. The van der Waals surface area contributed by atoms with Crippen LogP contribution in [0.25, 0.3) is 0 Å². The average molecular weight is 387 g/mol. The smallest absolute Gasteiger partial charge is 0.251 e. The second-order valence-corrected chi connectivity index (χ2v) is 8.73. The van der Waals surface area contributed by atoms with E-state index in [0.717, 1.165) is 38.5 Å². The van der Waals surface area contributed by atoms with Crippen LogP contribution in [0.4, 0.5) is 0 Å². The van der Waals surface area contributed by atoms with E-state index in [1.54, 1.807) is 12.1 Å². The van der Waals surface area contributed by atoms with Crippen LogP contribution in [-0.2, 0) is 16.4 Å². The van der Waals surface area contributed by atoms with Crippen LogP contribution in [0.1, 0.15) is 48.0 Å². The van der Waals surface area contributed by atoms with E-state index in [9.17, 15) is 13.2 Å². The normalized spacial score (nSPS) is 15.0. The van der Waals surface area contributed by atoms with E-state index in [1.807, 2.05) is 30.3 Å². The molecule has 0 radical (unpaired) electrons. The van der Waals surface area contributed by atoms with Crippen molar-refractivity contribution in [2.45, 2.75) is 49.5 Å². The highest BCUT2D eigenvalue weighted by molar-refractivity contribution is 7.89. The van der Waals surface area contributed by atoms with Crippen LogP contribution < -0.4 is 10.0 Å². The first-order valence-electron chi connectivity index (χ1n) is 9.49. The van der Waals surface area contributed by atoms with Crippen molar-refractivity contribution in [1.82, 2.24) is 10.0 Å². The fourth-order valence-corrected chi connectivity index (χ4v) is 4.43. The Balaban J connectivity index is 1.51. The second kappa shape index (κ2) is 9.15. The van der Waals surface area contributed by atoms with Crippen molar-refractivity contribution < 1.29 is 13.2 Å². The van der Waals surface area contributed by atoms with Crippen molar-refractivity contribution in [3.63, 3.8) is 0 Å². The zero-order valence-electron chi connectivity index (χ0n) is 15.4. The van der Waals surface area contributed by atoms with Gasteiger partial charge in [0.05, 0.1) is 4.90 Å². The summed E-state index contributed by atoms with van der Waals surface area (Å²) in [4.78, 5) is 12.4. The van der Waals surface area contributed by atoms with Crippen LogP contribution in [0.2, 0.25) is 0 Å². The lowest BCUT2D eigenvalue weighted by molar-refractivity contribution is 0.0938. The lowest BCUT2D eigenvalue weighted by Gasteiger charge is -2.12. The van der Waals surface area contributed by atoms with Crippen molar-refractivity contribution in [3.05, 3.63) is 65.7 Å². The minimum atomic E-state index is -3.56. The van der Waals surface area contributed by atoms with E-state index in [-0.39, 0.29) is 16.8 Å². The summed E-state index contributed by atoms with van der Waals surface area (Å²) in [5.41, 5.74) is 1.68. The molecular weight excluding hydrogens is 360 g/mol. The van der Waals surface area contributed by atoms with Crippen molar-refractivity contribution >= 4 is 15.9 Å². The Bertz CT molecular complexity index is 843. The SMILES string of the molecule is O=C(NC1CCCC1)c1ccc(S(=O)(=O)NCCCc2ccccc2)cc1. The first kappa shape index (κ1) is 19.6. The third-order valence-corrected chi connectivity index (χ3v) is 6.37. The molecule has 0 spiro atoms. The van der Waals surface area contributed by atoms with Gasteiger partial charge in [0.25, 0.3) is 5.91 Å². The van der Waals surface area contributed by atoms with Crippen molar-refractivity contribution in [2.75, 3.05) is 6.54 Å². The number of rotatable bonds is 8. The Kier molecular flexibility index (Phi) is 6.63. The maximum absolute atomic E-state index is 12.4. The summed E-state index contributed by atoms with van der Waals surface area (Å²) in [5.74, 6) is -0.137. The van der Waals surface area contributed by atoms with Crippen molar-refractivity contribution in [3.8, 4) is 0 Å². The Morgan fingerprint density at radius 3 is 2.30 bits per heavy atom. The summed E-state index contributed by atoms with van der Waals surface area (Å²) in [6.45, 7) is 0.376. The minimum absolute atomic E-state index is 0.137. The predicted molar refractivity (Wildman–Crippen MR) is 106 cm³/mol. The highest BCUT2D eigenvalue weighted by atomic mass is 32.2. The maximum atomic E-state index is 12.4. The average Bonchev–Trinajstić information content (AvgIpc) is 3.19. The maximum Gasteiger partial charge on any atom is 0.251 e. The molecule has 3 rings (SSSR count). The summed E-state index contributed by atoms with van der Waals surface area (Å²) >= 11 is 0. The van der Waals surface area contributed by atoms with Crippen LogP contribution in [-0.4, -0.2) is 26.9 Å². The molecule has 0 atom stereocenters. The van der Waals surface area contributed by atoms with E-state index in [0.29, 0.717) is 12.1 Å². The van der Waals surface area contributed by atoms with Gasteiger partial charge in [0.1, 0.15) is 0 Å². The van der Waals surface area contributed by atoms with Crippen LogP contribution in [0, 0.1) is 0 Å². The van der Waals surface area contributed by atoms with Gasteiger partial charge in [0.15, 0.2) is 0 Å². The molecule has 0 saturated heterocycles. The molecule has 6 heteroatoms. The van der Waals surface area contributed by atoms with Gasteiger partial charge in [-0.1, -0.05) is 43.2 Å². The van der Waals surface area contributed by atoms with Gasteiger partial charge in [-0.15, -0.1) is 0 Å². The molecule has 1 saturated carbocycles. The number of sulfonamides is 1. The number of carbonyl (C=O) groups is 1. The topological polar surface area (TPSA) is 75.3 Å². The third-order valence-electron chi connectivity index (χ3n) is 4.89. The number of carbonyl (C=O) groups excluding carboxylic acids is 1. The summed E-state index contributed by atoms with van der Waals surface area (Å²) in [6.07, 6.45) is 5.89. The zero-order valence-corrected chi connectivity index (χ0v) is 16.2. The number of aryl methyl sites for hydroxylation is 1. The molecule has 2 aromatic carbocycles. The monoisotopic (exact) mass is 386 g/mol. The van der Waals surface area contributed by atoms with Crippen molar-refractivity contribution in [2.24, 2.45) is 0 Å². The standard InChI is InChI=1S/C21H26N2O3S/c24-21(23-19-10-4-5-11-19)18-12-14-20(15-13-18)27(25,26)22-16-6-9-17-7-2-1-3-8-17/h1-3,7-8,12-15,19,22H,4-6,9-11,16H2,(H,23,24). The van der Waals surface area contributed by atoms with Gasteiger partial charge < -0.3 is 5.32 Å². The van der Waals surface area contributed by atoms with Gasteiger partial charge >= 0.3 is 0 Å². The summed E-state index contributed by atoms with van der Waals surface area (Å²) < 4.78 is 27.4. The molecule has 0 bridgehead atoms. The second-order valence-electron chi connectivity index (χ2n) is 6.97. The van der Waals surface area contributed by atoms with Gasteiger partial charge in [-0.25, -0.2) is 13.1 Å². The third kappa shape index (κ3) is 5.65. The molecule has 1 aliphatic rings. The molecule has 27 heavy (non-hydrogen) atoms. The summed E-state index contributed by atoms with van der Waals surface area (Å²) in [6, 6.07) is 16.3. The molecule has 1 fully saturated rings. The number of hydrogen-bond acceptors (Lipinski definition) is 3. The molecule has 1 aliphatic carbocycles. The summed E-state index contributed by atoms with van der Waals surface area (Å²) in [7, 11) is -3.56. The molecule has 0 aliphatic heterocycles. The molecule has 2 aromatic rings. The molecule has 1 amide bonds. The number of hydrogen-bond donors (Lipinski definition) is 2. The molecule has 5 nitrogen and oxygen atoms in total. The van der Waals surface area contributed by atoms with E-state index in [1.165, 1.54) is 17.7 Å². The Labute approximate surface area is 161 Å². The number of nitrogens with one attached hydrogen (secondary N) is 2. The Morgan fingerprint density at radius 1 is 0.963 bits per heavy atom. The van der Waals surface area contributed by atoms with Gasteiger partial charge in [0.2, 0.25) is 10.0 Å². The minimum Gasteiger partial charge on any atom is -0.349 e. The predicted octanol–water partition coefficient (Wildman–Crippen LogP) is 3.27. The highest BCUT2D eigenvalue weighted by Crippen LogP contribution is 2.18. The first-order chi connectivity index (χ1) is 13.0. The molecule has 0 unspecified atom stereocenters. The molecule has 0 aromatic heterocycles. The van der Waals surface area contributed by atoms with Crippen LogP contribution in [0.3, 0.4) is 0 Å². The number of amides is 1. The van der Waals surface area contributed by atoms with Crippen LogP contribution >= 0.6 is 0 Å². The molecule has 0 heterocycles. The van der Waals surface area contributed by atoms with Crippen LogP contribution in [0.5, 0.6) is 0 Å². The molecular formula is C21H26N2O3S. The van der Waals surface area contributed by atoms with Gasteiger partial charge in [-0.2, -0.15) is 0 Å². The van der Waals surface area contributed by atoms with Gasteiger partial charge in [-0.3, -0.25) is 4.79 Å². The lowest BCUT2D eigenvalue weighted by Crippen LogP contribution is -2.32. The molecule has 144 valence electrons. The van der Waals surface area contributed by atoms with Gasteiger partial charge in [0, 0.05) is 18.2 Å². The fourth-order valence-electron chi connectivity index (χ4n) is 3.35. The zero-order chi connectivity index (χ0) is 19.1. The Morgan fingerprint density at radius 2 is 1.63 bits per heavy atom. The van der Waals surface area contributed by atoms with E-state index >= 15 is 0 Å². The van der Waals surface area contributed by atoms with Crippen LogP contribution in [0.15, 0.2) is 59.5 Å². The highest BCUT2D eigenvalue weighted by Gasteiger charge is 2.19. The summed E-state index contributed by atoms with van der Waals surface area (Å²) in [5, 5.41) is 3.01. The van der Waals surface area contributed by atoms with E-state index < -0.39 is 10.0 Å². The van der Waals surface area contributed by atoms with Crippen molar-refractivity contribution in [1.29, 1.82) is 0 Å². The largest absolute Gasteiger partial charge is 0.349 e. The fraction of sp³-hybridized carbons (Fsp3) is 0.381. The Hall–Kier alpha value is -2.18. The van der Waals surface area contributed by atoms with Gasteiger partial charge in [-0.05, 0) is 55.5 Å².